The molecule has 4 aliphatic rings. The van der Waals surface area contributed by atoms with Crippen LogP contribution < -0.4 is 0 Å². The molecule has 4 aliphatic carbocycles. The summed E-state index contributed by atoms with van der Waals surface area (Å²) in [6, 6.07) is 0. The van der Waals surface area contributed by atoms with Crippen molar-refractivity contribution in [2.24, 2.45) is 46.3 Å². The third-order valence-electron chi connectivity index (χ3n) is 12.5. The second kappa shape index (κ2) is 9.22. The van der Waals surface area contributed by atoms with E-state index in [1.54, 1.807) is 0 Å². The Bertz CT molecular complexity index is 683. The molecule has 0 spiro atoms. The number of fused-ring (bicyclic) bond motifs is 5. The molecule has 33 heavy (non-hydrogen) atoms. The molecule has 9 atom stereocenters. The summed E-state index contributed by atoms with van der Waals surface area (Å²) in [5, 5.41) is 9.67. The van der Waals surface area contributed by atoms with Crippen LogP contribution in [0.15, 0.2) is 0 Å². The topological polar surface area (TPSA) is 29.5 Å². The average molecular weight is 477 g/mol. The van der Waals surface area contributed by atoms with Crippen LogP contribution >= 0.6 is 0 Å². The lowest BCUT2D eigenvalue weighted by molar-refractivity contribution is -0.127. The molecule has 1 N–H and O–H groups in total. The van der Waals surface area contributed by atoms with Gasteiger partial charge in [-0.25, -0.2) is 0 Å². The highest BCUT2D eigenvalue weighted by Gasteiger charge is 2.60. The summed E-state index contributed by atoms with van der Waals surface area (Å²) in [5.74, 6) is 5.42. The van der Waals surface area contributed by atoms with Crippen molar-refractivity contribution in [2.75, 3.05) is 6.61 Å². The van der Waals surface area contributed by atoms with E-state index in [0.717, 1.165) is 41.9 Å². The number of aliphatic hydroxyl groups excluding tert-OH is 1. The zero-order valence-corrected chi connectivity index (χ0v) is 24.4. The minimum Gasteiger partial charge on any atom is -0.414 e. The van der Waals surface area contributed by atoms with Gasteiger partial charge < -0.3 is 9.53 Å². The quantitative estimate of drug-likeness (QED) is 0.390. The summed E-state index contributed by atoms with van der Waals surface area (Å²) in [4.78, 5) is 0. The summed E-state index contributed by atoms with van der Waals surface area (Å²) >= 11 is 0. The molecule has 3 heteroatoms. The Hall–Kier alpha value is 0.137. The van der Waals surface area contributed by atoms with Crippen LogP contribution in [-0.2, 0) is 4.43 Å². The lowest BCUT2D eigenvalue weighted by Gasteiger charge is -2.61. The minimum absolute atomic E-state index is 0.312. The normalized spacial score (nSPS) is 44.6. The van der Waals surface area contributed by atoms with Gasteiger partial charge in [0.2, 0.25) is 0 Å². The Morgan fingerprint density at radius 2 is 1.61 bits per heavy atom. The third kappa shape index (κ3) is 4.55. The molecule has 0 aromatic carbocycles. The van der Waals surface area contributed by atoms with E-state index in [-0.39, 0.29) is 0 Å². The molecule has 0 radical (unpaired) electrons. The van der Waals surface area contributed by atoms with Crippen LogP contribution in [0.25, 0.3) is 0 Å². The number of hydrogen-bond acceptors (Lipinski definition) is 2. The molecule has 1 unspecified atom stereocenters. The van der Waals surface area contributed by atoms with Crippen LogP contribution in [0.2, 0.25) is 18.1 Å². The van der Waals surface area contributed by atoms with E-state index in [9.17, 15) is 5.11 Å². The van der Waals surface area contributed by atoms with Gasteiger partial charge in [-0.2, -0.15) is 0 Å². The zero-order valence-electron chi connectivity index (χ0n) is 23.4. The van der Waals surface area contributed by atoms with Gasteiger partial charge in [0.25, 0.3) is 0 Å². The fourth-order valence-corrected chi connectivity index (χ4v) is 10.9. The van der Waals surface area contributed by atoms with Gasteiger partial charge in [-0.05, 0) is 135 Å². The van der Waals surface area contributed by atoms with Crippen molar-refractivity contribution in [3.8, 4) is 0 Å². The zero-order chi connectivity index (χ0) is 24.2. The molecular formula is C30H56O2Si. The van der Waals surface area contributed by atoms with Crippen molar-refractivity contribution in [1.82, 2.24) is 0 Å². The average Bonchev–Trinajstić information content (AvgIpc) is 3.08. The second-order valence-electron chi connectivity index (χ2n) is 15.0. The summed E-state index contributed by atoms with van der Waals surface area (Å²) in [5.41, 5.74) is 1.11. The van der Waals surface area contributed by atoms with Crippen LogP contribution in [-0.4, -0.2) is 26.1 Å². The molecule has 0 amide bonds. The van der Waals surface area contributed by atoms with E-state index >= 15 is 0 Å². The molecule has 4 saturated carbocycles. The van der Waals surface area contributed by atoms with E-state index in [1.165, 1.54) is 64.2 Å². The van der Waals surface area contributed by atoms with Crippen molar-refractivity contribution in [3.05, 3.63) is 0 Å². The predicted molar refractivity (Wildman–Crippen MR) is 143 cm³/mol. The van der Waals surface area contributed by atoms with Gasteiger partial charge in [-0.3, -0.25) is 0 Å². The molecule has 4 rings (SSSR count). The van der Waals surface area contributed by atoms with Crippen LogP contribution in [0.5, 0.6) is 0 Å². The SMILES string of the molecule is C[C@H](CCCO)[C@H]1CC[C@H]2[C@@H]3CC[C@@H]4CC(O[Si](C)(C)C(C)(C)C)CC[C@]4(C)[C@H]3CC[C@]12C. The molecule has 0 bridgehead atoms. The maximum absolute atomic E-state index is 9.36. The van der Waals surface area contributed by atoms with E-state index in [1.807, 2.05) is 0 Å². The van der Waals surface area contributed by atoms with Crippen LogP contribution in [0, 0.1) is 46.3 Å². The van der Waals surface area contributed by atoms with Gasteiger partial charge in [-0.1, -0.05) is 41.5 Å². The van der Waals surface area contributed by atoms with Gasteiger partial charge in [0.05, 0.1) is 0 Å². The Labute approximate surface area is 207 Å². The van der Waals surface area contributed by atoms with Crippen molar-refractivity contribution in [3.63, 3.8) is 0 Å². The van der Waals surface area contributed by atoms with Crippen LogP contribution in [0.1, 0.15) is 112 Å². The summed E-state index contributed by atoms with van der Waals surface area (Å²) in [6.45, 7) is 20.3. The molecular weight excluding hydrogens is 420 g/mol. The van der Waals surface area contributed by atoms with Crippen molar-refractivity contribution in [1.29, 1.82) is 0 Å². The second-order valence-corrected chi connectivity index (χ2v) is 19.8. The predicted octanol–water partition coefficient (Wildman–Crippen LogP) is 8.44. The Morgan fingerprint density at radius 1 is 0.939 bits per heavy atom. The smallest absolute Gasteiger partial charge is 0.192 e. The molecule has 0 heterocycles. The summed E-state index contributed by atoms with van der Waals surface area (Å²) in [7, 11) is -1.68. The first-order valence-electron chi connectivity index (χ1n) is 14.6. The Balaban J connectivity index is 1.45. The fraction of sp³-hybridized carbons (Fsp3) is 1.00. The number of hydrogen-bond donors (Lipinski definition) is 1. The van der Waals surface area contributed by atoms with Crippen LogP contribution in [0.4, 0.5) is 0 Å². The molecule has 192 valence electrons. The lowest BCUT2D eigenvalue weighted by Crippen LogP contribution is -2.55. The Morgan fingerprint density at radius 3 is 2.27 bits per heavy atom. The highest BCUT2D eigenvalue weighted by Crippen LogP contribution is 2.68. The molecule has 0 aromatic rings. The number of rotatable bonds is 6. The highest BCUT2D eigenvalue weighted by atomic mass is 28.4. The summed E-state index contributed by atoms with van der Waals surface area (Å²) in [6.07, 6.45) is 15.5. The standard InChI is InChI=1S/C30H56O2Si/c1-21(10-9-19-31)25-13-14-26-24-12-11-22-20-23(32-33(7,8)28(2,3)4)15-17-29(22,5)27(24)16-18-30(25,26)6/h21-27,31H,9-20H2,1-8H3/t21-,22-,23?,24+,25-,26+,27+,29+,30-/m1/s1. The number of aliphatic hydroxyl groups is 1. The first kappa shape index (κ1) is 26.2. The molecule has 2 nitrogen and oxygen atoms in total. The molecule has 0 aromatic heterocycles. The van der Waals surface area contributed by atoms with Gasteiger partial charge in [-0.15, -0.1) is 0 Å². The monoisotopic (exact) mass is 476 g/mol. The minimum atomic E-state index is -1.68. The van der Waals surface area contributed by atoms with E-state index in [0.29, 0.717) is 28.6 Å². The lowest BCUT2D eigenvalue weighted by atomic mass is 9.44. The highest BCUT2D eigenvalue weighted by molar-refractivity contribution is 6.74. The van der Waals surface area contributed by atoms with Crippen molar-refractivity contribution >= 4 is 8.32 Å². The first-order chi connectivity index (χ1) is 15.3. The van der Waals surface area contributed by atoms with E-state index < -0.39 is 8.32 Å². The Kier molecular flexibility index (Phi) is 7.32. The van der Waals surface area contributed by atoms with Gasteiger partial charge >= 0.3 is 0 Å². The maximum atomic E-state index is 9.36. The van der Waals surface area contributed by atoms with E-state index in [2.05, 4.69) is 54.6 Å². The molecule has 0 saturated heterocycles. The third-order valence-corrected chi connectivity index (χ3v) is 17.0. The van der Waals surface area contributed by atoms with Gasteiger partial charge in [0, 0.05) is 12.7 Å². The van der Waals surface area contributed by atoms with Crippen LogP contribution in [0.3, 0.4) is 0 Å². The molecule has 0 aliphatic heterocycles. The van der Waals surface area contributed by atoms with Crippen molar-refractivity contribution < 1.29 is 9.53 Å². The first-order valence-corrected chi connectivity index (χ1v) is 17.5. The largest absolute Gasteiger partial charge is 0.414 e. The summed E-state index contributed by atoms with van der Waals surface area (Å²) < 4.78 is 6.95. The molecule has 4 fully saturated rings. The van der Waals surface area contributed by atoms with E-state index in [4.69, 9.17) is 4.43 Å². The van der Waals surface area contributed by atoms with Gasteiger partial charge in [0.15, 0.2) is 8.32 Å². The maximum Gasteiger partial charge on any atom is 0.192 e. The van der Waals surface area contributed by atoms with Gasteiger partial charge in [0.1, 0.15) is 0 Å². The fourth-order valence-electron chi connectivity index (χ4n) is 9.51. The van der Waals surface area contributed by atoms with Crippen molar-refractivity contribution in [2.45, 2.75) is 136 Å².